The smallest absolute Gasteiger partial charge is 0.261 e. The Morgan fingerprint density at radius 2 is 1.86 bits per heavy atom. The quantitative estimate of drug-likeness (QED) is 0.698. The summed E-state index contributed by atoms with van der Waals surface area (Å²) in [6, 6.07) is 11.1. The van der Waals surface area contributed by atoms with Crippen molar-refractivity contribution in [2.24, 2.45) is 0 Å². The number of benzene rings is 1. The molecule has 1 fully saturated rings. The van der Waals surface area contributed by atoms with E-state index in [1.165, 1.54) is 30.2 Å². The molecule has 0 aliphatic carbocycles. The van der Waals surface area contributed by atoms with Crippen molar-refractivity contribution in [3.8, 4) is 0 Å². The zero-order chi connectivity index (χ0) is 20.1. The Morgan fingerprint density at radius 1 is 1.03 bits per heavy atom. The van der Waals surface area contributed by atoms with E-state index < -0.39 is 0 Å². The molecule has 0 unspecified atom stereocenters. The number of fused-ring (bicyclic) bond motifs is 1. The second-order valence-corrected chi connectivity index (χ2v) is 7.32. The third-order valence-corrected chi connectivity index (χ3v) is 5.31. The topological polar surface area (TPSA) is 80.1 Å². The number of anilines is 1. The highest BCUT2D eigenvalue weighted by atomic mass is 16.1. The van der Waals surface area contributed by atoms with Gasteiger partial charge in [-0.3, -0.25) is 14.2 Å². The SMILES string of the molecule is O=C(CCn1cnc2ccccc2c1=O)NCc1cccnc1N1CCCCC1. The van der Waals surface area contributed by atoms with Crippen LogP contribution in [0.25, 0.3) is 10.9 Å². The van der Waals surface area contributed by atoms with E-state index >= 15 is 0 Å². The van der Waals surface area contributed by atoms with Crippen molar-refractivity contribution >= 4 is 22.6 Å². The third kappa shape index (κ3) is 4.45. The van der Waals surface area contributed by atoms with Crippen LogP contribution in [-0.4, -0.2) is 33.5 Å². The molecule has 0 bridgehead atoms. The molecule has 150 valence electrons. The Morgan fingerprint density at radius 3 is 2.72 bits per heavy atom. The fourth-order valence-corrected chi connectivity index (χ4v) is 3.73. The van der Waals surface area contributed by atoms with Gasteiger partial charge in [0.2, 0.25) is 5.91 Å². The van der Waals surface area contributed by atoms with Crippen molar-refractivity contribution in [1.82, 2.24) is 19.9 Å². The maximum absolute atomic E-state index is 12.5. The summed E-state index contributed by atoms with van der Waals surface area (Å²) in [5, 5.41) is 3.53. The fourth-order valence-electron chi connectivity index (χ4n) is 3.73. The molecule has 3 heterocycles. The molecule has 29 heavy (non-hydrogen) atoms. The summed E-state index contributed by atoms with van der Waals surface area (Å²) in [6.45, 7) is 2.75. The Kier molecular flexibility index (Phi) is 5.84. The van der Waals surface area contributed by atoms with Crippen molar-refractivity contribution < 1.29 is 4.79 Å². The van der Waals surface area contributed by atoms with Crippen molar-refractivity contribution in [3.05, 3.63) is 64.8 Å². The first kappa shape index (κ1) is 19.1. The number of pyridine rings is 1. The Labute approximate surface area is 169 Å². The van der Waals surface area contributed by atoms with E-state index in [0.717, 1.165) is 24.5 Å². The van der Waals surface area contributed by atoms with Gasteiger partial charge >= 0.3 is 0 Å². The Balaban J connectivity index is 1.37. The van der Waals surface area contributed by atoms with Crippen LogP contribution >= 0.6 is 0 Å². The Hall–Kier alpha value is -3.22. The van der Waals surface area contributed by atoms with Gasteiger partial charge in [0.15, 0.2) is 0 Å². The van der Waals surface area contributed by atoms with Crippen molar-refractivity contribution in [1.29, 1.82) is 0 Å². The molecule has 1 N–H and O–H groups in total. The van der Waals surface area contributed by atoms with Gasteiger partial charge in [-0.15, -0.1) is 0 Å². The molecule has 1 aliphatic heterocycles. The van der Waals surface area contributed by atoms with Gasteiger partial charge in [-0.05, 0) is 37.5 Å². The molecule has 7 heteroatoms. The van der Waals surface area contributed by atoms with E-state index in [-0.39, 0.29) is 17.9 Å². The number of carbonyl (C=O) groups is 1. The van der Waals surface area contributed by atoms with Crippen LogP contribution in [0.5, 0.6) is 0 Å². The molecule has 2 aromatic heterocycles. The number of nitrogens with one attached hydrogen (secondary N) is 1. The van der Waals surface area contributed by atoms with Crippen LogP contribution in [0.1, 0.15) is 31.2 Å². The summed E-state index contributed by atoms with van der Waals surface area (Å²) in [7, 11) is 0. The number of aromatic nitrogens is 3. The molecule has 1 saturated heterocycles. The van der Waals surface area contributed by atoms with Gasteiger partial charge in [0.1, 0.15) is 5.82 Å². The van der Waals surface area contributed by atoms with Crippen LogP contribution in [0.3, 0.4) is 0 Å². The van der Waals surface area contributed by atoms with E-state index in [4.69, 9.17) is 0 Å². The minimum absolute atomic E-state index is 0.0986. The molecule has 0 saturated carbocycles. The number of para-hydroxylation sites is 1. The zero-order valence-corrected chi connectivity index (χ0v) is 16.4. The van der Waals surface area contributed by atoms with Crippen molar-refractivity contribution in [2.45, 2.75) is 38.8 Å². The second kappa shape index (κ2) is 8.86. The summed E-state index contributed by atoms with van der Waals surface area (Å²) in [5.41, 5.74) is 1.57. The summed E-state index contributed by atoms with van der Waals surface area (Å²) >= 11 is 0. The minimum Gasteiger partial charge on any atom is -0.356 e. The van der Waals surface area contributed by atoms with Gasteiger partial charge < -0.3 is 10.2 Å². The van der Waals surface area contributed by atoms with E-state index in [1.807, 2.05) is 30.3 Å². The summed E-state index contributed by atoms with van der Waals surface area (Å²) < 4.78 is 1.49. The highest BCUT2D eigenvalue weighted by Gasteiger charge is 2.16. The van der Waals surface area contributed by atoms with Crippen LogP contribution in [0.15, 0.2) is 53.7 Å². The summed E-state index contributed by atoms with van der Waals surface area (Å²) in [5.74, 6) is 0.862. The number of rotatable bonds is 6. The lowest BCUT2D eigenvalue weighted by atomic mass is 10.1. The molecule has 1 aromatic carbocycles. The Bertz CT molecular complexity index is 1060. The van der Waals surface area contributed by atoms with Gasteiger partial charge in [-0.2, -0.15) is 0 Å². The van der Waals surface area contributed by atoms with Crippen LogP contribution in [0, 0.1) is 0 Å². The van der Waals surface area contributed by atoms with Crippen LogP contribution in [0.2, 0.25) is 0 Å². The minimum atomic E-state index is -0.122. The van der Waals surface area contributed by atoms with E-state index in [9.17, 15) is 9.59 Å². The number of nitrogens with zero attached hydrogens (tertiary/aromatic N) is 4. The fraction of sp³-hybridized carbons (Fsp3) is 0.364. The summed E-state index contributed by atoms with van der Waals surface area (Å²) in [4.78, 5) is 36.0. The van der Waals surface area contributed by atoms with Crippen molar-refractivity contribution in [3.63, 3.8) is 0 Å². The van der Waals surface area contributed by atoms with Gasteiger partial charge in [-0.25, -0.2) is 9.97 Å². The first-order chi connectivity index (χ1) is 14.2. The molecule has 0 radical (unpaired) electrons. The monoisotopic (exact) mass is 391 g/mol. The molecular formula is C22H25N5O2. The predicted molar refractivity (Wildman–Crippen MR) is 113 cm³/mol. The average molecular weight is 391 g/mol. The number of piperidine rings is 1. The molecule has 1 amide bonds. The first-order valence-electron chi connectivity index (χ1n) is 10.1. The van der Waals surface area contributed by atoms with Crippen LogP contribution in [0.4, 0.5) is 5.82 Å². The normalized spacial score (nSPS) is 14.1. The zero-order valence-electron chi connectivity index (χ0n) is 16.4. The van der Waals surface area contributed by atoms with E-state index in [1.54, 1.807) is 12.3 Å². The molecule has 0 atom stereocenters. The molecule has 3 aromatic rings. The largest absolute Gasteiger partial charge is 0.356 e. The number of amides is 1. The lowest BCUT2D eigenvalue weighted by Gasteiger charge is -2.29. The first-order valence-corrected chi connectivity index (χ1v) is 10.1. The lowest BCUT2D eigenvalue weighted by Crippen LogP contribution is -2.32. The lowest BCUT2D eigenvalue weighted by molar-refractivity contribution is -0.121. The van der Waals surface area contributed by atoms with Gasteiger partial charge in [-0.1, -0.05) is 18.2 Å². The van der Waals surface area contributed by atoms with Gasteiger partial charge in [0.05, 0.1) is 17.2 Å². The maximum atomic E-state index is 12.5. The molecular weight excluding hydrogens is 366 g/mol. The molecule has 4 rings (SSSR count). The predicted octanol–water partition coefficient (Wildman–Crippen LogP) is 2.49. The number of aryl methyl sites for hydroxylation is 1. The highest BCUT2D eigenvalue weighted by Crippen LogP contribution is 2.21. The van der Waals surface area contributed by atoms with E-state index in [0.29, 0.717) is 24.0 Å². The molecule has 7 nitrogen and oxygen atoms in total. The maximum Gasteiger partial charge on any atom is 0.261 e. The third-order valence-electron chi connectivity index (χ3n) is 5.31. The molecule has 1 aliphatic rings. The van der Waals surface area contributed by atoms with Crippen LogP contribution < -0.4 is 15.8 Å². The van der Waals surface area contributed by atoms with Crippen LogP contribution in [-0.2, 0) is 17.9 Å². The number of hydrogen-bond acceptors (Lipinski definition) is 5. The number of carbonyl (C=O) groups excluding carboxylic acids is 1. The van der Waals surface area contributed by atoms with Crippen molar-refractivity contribution in [2.75, 3.05) is 18.0 Å². The summed E-state index contributed by atoms with van der Waals surface area (Å²) in [6.07, 6.45) is 7.15. The second-order valence-electron chi connectivity index (χ2n) is 7.32. The van der Waals surface area contributed by atoms with Gasteiger partial charge in [0.25, 0.3) is 5.56 Å². The standard InChI is InChI=1S/C22H25N5O2/c28-20(10-14-27-16-25-19-9-3-2-8-18(19)22(27)29)24-15-17-7-6-11-23-21(17)26-12-4-1-5-13-26/h2-3,6-9,11,16H,1,4-5,10,12-15H2,(H,24,28). The van der Waals surface area contributed by atoms with E-state index in [2.05, 4.69) is 20.2 Å². The molecule has 0 spiro atoms. The number of hydrogen-bond donors (Lipinski definition) is 1. The average Bonchev–Trinajstić information content (AvgIpc) is 2.78. The van der Waals surface area contributed by atoms with Gasteiger partial charge in [0, 0.05) is 44.4 Å². The highest BCUT2D eigenvalue weighted by molar-refractivity contribution is 5.77.